The highest BCUT2D eigenvalue weighted by Gasteiger charge is 2.22. The summed E-state index contributed by atoms with van der Waals surface area (Å²) < 4.78 is 34.2. The number of carbonyl (C=O) groups excluding carboxylic acids is 1. The fourth-order valence-corrected chi connectivity index (χ4v) is 2.24. The van der Waals surface area contributed by atoms with Gasteiger partial charge in [-0.05, 0) is 31.5 Å². The zero-order valence-corrected chi connectivity index (χ0v) is 11.7. The predicted octanol–water partition coefficient (Wildman–Crippen LogP) is 2.23. The van der Waals surface area contributed by atoms with Gasteiger partial charge < -0.3 is 20.1 Å². The summed E-state index contributed by atoms with van der Waals surface area (Å²) in [5, 5.41) is 5.78. The van der Waals surface area contributed by atoms with E-state index in [9.17, 15) is 13.6 Å². The Morgan fingerprint density at radius 1 is 1.48 bits per heavy atom. The third-order valence-electron chi connectivity index (χ3n) is 3.33. The summed E-state index contributed by atoms with van der Waals surface area (Å²) in [6, 6.07) is 4.31. The number of methoxy groups -OCH3 is 1. The van der Waals surface area contributed by atoms with Crippen molar-refractivity contribution in [2.24, 2.45) is 5.92 Å². The highest BCUT2D eigenvalue weighted by Crippen LogP contribution is 2.31. The number of carbonyl (C=O) groups is 1. The lowest BCUT2D eigenvalue weighted by molar-refractivity contribution is -0.120. The van der Waals surface area contributed by atoms with Gasteiger partial charge in [0.25, 0.3) is 0 Å². The number of nitrogens with one attached hydrogen (secondary N) is 2. The van der Waals surface area contributed by atoms with Crippen LogP contribution in [0.4, 0.5) is 14.5 Å². The number of alkyl halides is 2. The fraction of sp³-hybridized carbons (Fsp3) is 0.500. The van der Waals surface area contributed by atoms with E-state index in [0.717, 1.165) is 19.4 Å². The van der Waals surface area contributed by atoms with Crippen LogP contribution in [0, 0.1) is 5.92 Å². The van der Waals surface area contributed by atoms with Gasteiger partial charge >= 0.3 is 6.61 Å². The molecular formula is C14H18F2N2O3. The van der Waals surface area contributed by atoms with Gasteiger partial charge in [0, 0.05) is 12.6 Å². The first-order chi connectivity index (χ1) is 10.1. The molecule has 1 aromatic carbocycles. The van der Waals surface area contributed by atoms with Crippen molar-refractivity contribution >= 4 is 11.6 Å². The summed E-state index contributed by atoms with van der Waals surface area (Å²) in [6.07, 6.45) is 1.68. The molecule has 1 aromatic rings. The van der Waals surface area contributed by atoms with Crippen LogP contribution >= 0.6 is 0 Å². The van der Waals surface area contributed by atoms with E-state index >= 15 is 0 Å². The van der Waals surface area contributed by atoms with Crippen molar-refractivity contribution in [1.82, 2.24) is 5.32 Å². The number of benzene rings is 1. The van der Waals surface area contributed by atoms with Gasteiger partial charge in [0.2, 0.25) is 5.91 Å². The van der Waals surface area contributed by atoms with Crippen molar-refractivity contribution in [1.29, 1.82) is 0 Å². The molecule has 1 heterocycles. The molecule has 0 aromatic heterocycles. The molecule has 7 heteroatoms. The number of hydrogen-bond acceptors (Lipinski definition) is 4. The summed E-state index contributed by atoms with van der Waals surface area (Å²) in [7, 11) is 1.46. The molecule has 1 atom stereocenters. The molecule has 2 rings (SSSR count). The quantitative estimate of drug-likeness (QED) is 0.875. The van der Waals surface area contributed by atoms with Crippen LogP contribution < -0.4 is 20.1 Å². The molecule has 1 aliphatic rings. The van der Waals surface area contributed by atoms with Gasteiger partial charge in [-0.25, -0.2) is 0 Å². The highest BCUT2D eigenvalue weighted by molar-refractivity contribution is 5.94. The van der Waals surface area contributed by atoms with Crippen molar-refractivity contribution in [2.45, 2.75) is 19.5 Å². The Balaban J connectivity index is 2.13. The van der Waals surface area contributed by atoms with Crippen LogP contribution in [0.2, 0.25) is 0 Å². The third kappa shape index (κ3) is 4.29. The van der Waals surface area contributed by atoms with Crippen LogP contribution in [0.3, 0.4) is 0 Å². The van der Waals surface area contributed by atoms with E-state index < -0.39 is 6.61 Å². The SMILES string of the molecule is COc1ccc(OC(F)F)c(NC(=O)[C@@H]2CCCNC2)c1. The van der Waals surface area contributed by atoms with Crippen molar-refractivity contribution in [2.75, 3.05) is 25.5 Å². The Labute approximate surface area is 121 Å². The molecule has 116 valence electrons. The lowest BCUT2D eigenvalue weighted by atomic mass is 9.99. The topological polar surface area (TPSA) is 59.6 Å². The molecule has 0 radical (unpaired) electrons. The van der Waals surface area contributed by atoms with Crippen LogP contribution in [0.15, 0.2) is 18.2 Å². The van der Waals surface area contributed by atoms with Crippen LogP contribution in [-0.2, 0) is 4.79 Å². The molecule has 0 spiro atoms. The average molecular weight is 300 g/mol. The van der Waals surface area contributed by atoms with E-state index in [1.54, 1.807) is 0 Å². The second kappa shape index (κ2) is 7.21. The molecule has 5 nitrogen and oxygen atoms in total. The van der Waals surface area contributed by atoms with Crippen LogP contribution in [-0.4, -0.2) is 32.7 Å². The number of halogens is 2. The number of hydrogen-bond donors (Lipinski definition) is 2. The van der Waals surface area contributed by atoms with Crippen molar-refractivity contribution < 1.29 is 23.0 Å². The van der Waals surface area contributed by atoms with E-state index in [-0.39, 0.29) is 23.3 Å². The fourth-order valence-electron chi connectivity index (χ4n) is 2.24. The highest BCUT2D eigenvalue weighted by atomic mass is 19.3. The number of ether oxygens (including phenoxy) is 2. The smallest absolute Gasteiger partial charge is 0.387 e. The zero-order chi connectivity index (χ0) is 15.2. The molecular weight excluding hydrogens is 282 g/mol. The molecule has 1 aliphatic heterocycles. The Morgan fingerprint density at radius 2 is 2.29 bits per heavy atom. The average Bonchev–Trinajstić information content (AvgIpc) is 2.49. The summed E-state index contributed by atoms with van der Waals surface area (Å²) in [5.74, 6) is -0.0180. The second-order valence-electron chi connectivity index (χ2n) is 4.77. The van der Waals surface area contributed by atoms with Gasteiger partial charge in [-0.2, -0.15) is 8.78 Å². The van der Waals surface area contributed by atoms with Crippen molar-refractivity contribution in [3.63, 3.8) is 0 Å². The molecule has 1 saturated heterocycles. The van der Waals surface area contributed by atoms with E-state index in [0.29, 0.717) is 12.3 Å². The summed E-state index contributed by atoms with van der Waals surface area (Å²) in [5.41, 5.74) is 0.185. The van der Waals surface area contributed by atoms with Gasteiger partial charge in [-0.15, -0.1) is 0 Å². The predicted molar refractivity (Wildman–Crippen MR) is 73.8 cm³/mol. The van der Waals surface area contributed by atoms with Gasteiger partial charge in [-0.3, -0.25) is 4.79 Å². The largest absolute Gasteiger partial charge is 0.497 e. The van der Waals surface area contributed by atoms with Crippen LogP contribution in [0.25, 0.3) is 0 Å². The standard InChI is InChI=1S/C14H18F2N2O3/c1-20-10-4-5-12(21-14(15)16)11(7-10)18-13(19)9-3-2-6-17-8-9/h4-5,7,9,14,17H,2-3,6,8H2,1H3,(H,18,19)/t9-/m1/s1. The summed E-state index contributed by atoms with van der Waals surface area (Å²) >= 11 is 0. The molecule has 0 bridgehead atoms. The Hall–Kier alpha value is -1.89. The molecule has 0 unspecified atom stereocenters. The molecule has 0 aliphatic carbocycles. The monoisotopic (exact) mass is 300 g/mol. The van der Waals surface area contributed by atoms with Gasteiger partial charge in [-0.1, -0.05) is 0 Å². The lowest BCUT2D eigenvalue weighted by Gasteiger charge is -2.22. The summed E-state index contributed by atoms with van der Waals surface area (Å²) in [6.45, 7) is -1.48. The maximum absolute atomic E-state index is 12.4. The number of rotatable bonds is 5. The molecule has 2 N–H and O–H groups in total. The van der Waals surface area contributed by atoms with Crippen molar-refractivity contribution in [3.05, 3.63) is 18.2 Å². The van der Waals surface area contributed by atoms with E-state index in [4.69, 9.17) is 4.74 Å². The first-order valence-electron chi connectivity index (χ1n) is 6.74. The van der Waals surface area contributed by atoms with Gasteiger partial charge in [0.05, 0.1) is 18.7 Å². The first kappa shape index (κ1) is 15.5. The van der Waals surface area contributed by atoms with Gasteiger partial charge in [0.1, 0.15) is 11.5 Å². The molecule has 0 saturated carbocycles. The van der Waals surface area contributed by atoms with E-state index in [2.05, 4.69) is 15.4 Å². The second-order valence-corrected chi connectivity index (χ2v) is 4.77. The lowest BCUT2D eigenvalue weighted by Crippen LogP contribution is -2.37. The number of piperidine rings is 1. The minimum absolute atomic E-state index is 0.0806. The normalized spacial score (nSPS) is 18.4. The van der Waals surface area contributed by atoms with E-state index in [1.165, 1.54) is 25.3 Å². The van der Waals surface area contributed by atoms with E-state index in [1.807, 2.05) is 0 Å². The van der Waals surface area contributed by atoms with Crippen LogP contribution in [0.5, 0.6) is 11.5 Å². The van der Waals surface area contributed by atoms with Crippen LogP contribution in [0.1, 0.15) is 12.8 Å². The number of amides is 1. The molecule has 1 amide bonds. The molecule has 21 heavy (non-hydrogen) atoms. The maximum atomic E-state index is 12.4. The van der Waals surface area contributed by atoms with Gasteiger partial charge in [0.15, 0.2) is 0 Å². The first-order valence-corrected chi connectivity index (χ1v) is 6.74. The minimum Gasteiger partial charge on any atom is -0.497 e. The maximum Gasteiger partial charge on any atom is 0.387 e. The Bertz CT molecular complexity index is 491. The van der Waals surface area contributed by atoms with Crippen molar-refractivity contribution in [3.8, 4) is 11.5 Å². The number of anilines is 1. The minimum atomic E-state index is -2.95. The Kier molecular flexibility index (Phi) is 5.32. The zero-order valence-electron chi connectivity index (χ0n) is 11.7. The molecule has 1 fully saturated rings. The Morgan fingerprint density at radius 3 is 2.90 bits per heavy atom. The third-order valence-corrected chi connectivity index (χ3v) is 3.33. The summed E-state index contributed by atoms with van der Waals surface area (Å²) in [4.78, 5) is 12.2.